The fourth-order valence-corrected chi connectivity index (χ4v) is 3.05. The van der Waals surface area contributed by atoms with Crippen molar-refractivity contribution in [1.29, 1.82) is 0 Å². The van der Waals surface area contributed by atoms with Gasteiger partial charge in [0.15, 0.2) is 0 Å². The van der Waals surface area contributed by atoms with Gasteiger partial charge in [0.25, 0.3) is 5.69 Å². The fourth-order valence-electron chi connectivity index (χ4n) is 3.05. The first-order chi connectivity index (χ1) is 12.9. The van der Waals surface area contributed by atoms with Gasteiger partial charge in [-0.3, -0.25) is 10.1 Å². The third-order valence-corrected chi connectivity index (χ3v) is 4.34. The normalized spacial score (nSPS) is 11.5. The van der Waals surface area contributed by atoms with Crippen molar-refractivity contribution in [2.75, 3.05) is 0 Å². The Kier molecular flexibility index (Phi) is 5.37. The first kappa shape index (κ1) is 18.8. The standard InChI is InChI=1S/C21H24N4O2/c1-21(2,3)20-17(15-24(23-20)18-10-5-4-6-11-18)14-22-13-16-9-7-8-12-19(16)25(26)27/h4-12,15,22H,13-14H2,1-3H3. The molecule has 3 aromatic rings. The highest BCUT2D eigenvalue weighted by molar-refractivity contribution is 5.40. The summed E-state index contributed by atoms with van der Waals surface area (Å²) in [6, 6.07) is 16.8. The van der Waals surface area contributed by atoms with Gasteiger partial charge in [-0.2, -0.15) is 5.10 Å². The molecule has 0 saturated carbocycles. The molecule has 2 aromatic carbocycles. The summed E-state index contributed by atoms with van der Waals surface area (Å²) in [6.45, 7) is 7.42. The van der Waals surface area contributed by atoms with Crippen molar-refractivity contribution in [2.45, 2.75) is 39.3 Å². The number of hydrogen-bond donors (Lipinski definition) is 1. The van der Waals surface area contributed by atoms with Crippen LogP contribution in [0.3, 0.4) is 0 Å². The van der Waals surface area contributed by atoms with Crippen LogP contribution >= 0.6 is 0 Å². The number of aromatic nitrogens is 2. The number of nitrogens with one attached hydrogen (secondary N) is 1. The van der Waals surface area contributed by atoms with E-state index in [1.807, 2.05) is 47.3 Å². The van der Waals surface area contributed by atoms with Gasteiger partial charge in [-0.05, 0) is 12.1 Å². The Balaban J connectivity index is 1.80. The Morgan fingerprint density at radius 3 is 2.30 bits per heavy atom. The number of hydrogen-bond acceptors (Lipinski definition) is 4. The second-order valence-electron chi connectivity index (χ2n) is 7.52. The lowest BCUT2D eigenvalue weighted by molar-refractivity contribution is -0.385. The van der Waals surface area contributed by atoms with Crippen molar-refractivity contribution in [1.82, 2.24) is 15.1 Å². The largest absolute Gasteiger partial charge is 0.308 e. The Hall–Kier alpha value is -2.99. The molecule has 1 aromatic heterocycles. The van der Waals surface area contributed by atoms with Gasteiger partial charge in [0.05, 0.1) is 16.3 Å². The molecule has 0 spiro atoms. The van der Waals surface area contributed by atoms with E-state index in [2.05, 4.69) is 26.1 Å². The molecule has 0 fully saturated rings. The van der Waals surface area contributed by atoms with E-state index in [-0.39, 0.29) is 16.0 Å². The average Bonchev–Trinajstić information content (AvgIpc) is 3.07. The molecule has 0 amide bonds. The number of para-hydroxylation sites is 2. The van der Waals surface area contributed by atoms with Crippen LogP contribution in [0.15, 0.2) is 60.8 Å². The highest BCUT2D eigenvalue weighted by Crippen LogP contribution is 2.26. The zero-order valence-electron chi connectivity index (χ0n) is 15.8. The van der Waals surface area contributed by atoms with E-state index < -0.39 is 0 Å². The van der Waals surface area contributed by atoms with Crippen LogP contribution in [0.4, 0.5) is 5.69 Å². The van der Waals surface area contributed by atoms with Gasteiger partial charge in [-0.25, -0.2) is 4.68 Å². The first-order valence-electron chi connectivity index (χ1n) is 8.94. The maximum atomic E-state index is 11.2. The lowest BCUT2D eigenvalue weighted by Crippen LogP contribution is -2.19. The maximum Gasteiger partial charge on any atom is 0.273 e. The highest BCUT2D eigenvalue weighted by Gasteiger charge is 2.22. The van der Waals surface area contributed by atoms with Gasteiger partial charge < -0.3 is 5.32 Å². The average molecular weight is 364 g/mol. The SMILES string of the molecule is CC(C)(C)c1nn(-c2ccccc2)cc1CNCc1ccccc1[N+](=O)[O-]. The molecule has 0 atom stereocenters. The highest BCUT2D eigenvalue weighted by atomic mass is 16.6. The van der Waals surface area contributed by atoms with Crippen LogP contribution in [0.5, 0.6) is 0 Å². The lowest BCUT2D eigenvalue weighted by atomic mass is 9.89. The van der Waals surface area contributed by atoms with Crippen molar-refractivity contribution in [3.8, 4) is 5.69 Å². The summed E-state index contributed by atoms with van der Waals surface area (Å²) in [7, 11) is 0. The topological polar surface area (TPSA) is 73.0 Å². The maximum absolute atomic E-state index is 11.2. The van der Waals surface area contributed by atoms with E-state index in [0.717, 1.165) is 16.9 Å². The molecule has 6 heteroatoms. The molecule has 1 N–H and O–H groups in total. The van der Waals surface area contributed by atoms with Gasteiger partial charge in [-0.15, -0.1) is 0 Å². The van der Waals surface area contributed by atoms with Crippen LogP contribution in [0, 0.1) is 10.1 Å². The molecular weight excluding hydrogens is 340 g/mol. The van der Waals surface area contributed by atoms with Gasteiger partial charge >= 0.3 is 0 Å². The molecule has 0 bridgehead atoms. The van der Waals surface area contributed by atoms with E-state index in [1.165, 1.54) is 6.07 Å². The van der Waals surface area contributed by atoms with Crippen molar-refractivity contribution in [3.63, 3.8) is 0 Å². The van der Waals surface area contributed by atoms with Crippen molar-refractivity contribution >= 4 is 5.69 Å². The minimum absolute atomic E-state index is 0.101. The summed E-state index contributed by atoms with van der Waals surface area (Å²) >= 11 is 0. The summed E-state index contributed by atoms with van der Waals surface area (Å²) in [5, 5.41) is 19.3. The molecule has 0 aliphatic carbocycles. The Morgan fingerprint density at radius 1 is 1.00 bits per heavy atom. The number of nitrogens with zero attached hydrogens (tertiary/aromatic N) is 3. The predicted octanol–water partition coefficient (Wildman–Crippen LogP) is 4.37. The Bertz CT molecular complexity index is 927. The quantitative estimate of drug-likeness (QED) is 0.521. The first-order valence-corrected chi connectivity index (χ1v) is 8.94. The Morgan fingerprint density at radius 2 is 1.63 bits per heavy atom. The second kappa shape index (κ2) is 7.72. The molecule has 27 heavy (non-hydrogen) atoms. The van der Waals surface area contributed by atoms with Gasteiger partial charge in [0.1, 0.15) is 0 Å². The van der Waals surface area contributed by atoms with Crippen molar-refractivity contribution in [2.24, 2.45) is 0 Å². The smallest absolute Gasteiger partial charge is 0.273 e. The summed E-state index contributed by atoms with van der Waals surface area (Å²) in [5.41, 5.74) is 3.83. The van der Waals surface area contributed by atoms with E-state index in [0.29, 0.717) is 18.7 Å². The van der Waals surface area contributed by atoms with Crippen LogP contribution < -0.4 is 5.32 Å². The number of nitro benzene ring substituents is 1. The van der Waals surface area contributed by atoms with Crippen LogP contribution in [0.1, 0.15) is 37.6 Å². The molecule has 1 heterocycles. The summed E-state index contributed by atoms with van der Waals surface area (Å²) in [4.78, 5) is 10.8. The Labute approximate surface area is 159 Å². The van der Waals surface area contributed by atoms with Crippen LogP contribution in [-0.4, -0.2) is 14.7 Å². The zero-order valence-corrected chi connectivity index (χ0v) is 15.8. The van der Waals surface area contributed by atoms with Crippen molar-refractivity contribution < 1.29 is 4.92 Å². The summed E-state index contributed by atoms with van der Waals surface area (Å²) in [6.07, 6.45) is 2.03. The minimum atomic E-state index is -0.342. The third-order valence-electron chi connectivity index (χ3n) is 4.34. The fraction of sp³-hybridized carbons (Fsp3) is 0.286. The third kappa shape index (κ3) is 4.41. The predicted molar refractivity (Wildman–Crippen MR) is 106 cm³/mol. The zero-order chi connectivity index (χ0) is 19.4. The van der Waals surface area contributed by atoms with Gasteiger partial charge in [-0.1, -0.05) is 57.2 Å². The van der Waals surface area contributed by atoms with E-state index in [1.54, 1.807) is 12.1 Å². The van der Waals surface area contributed by atoms with Crippen molar-refractivity contribution in [3.05, 3.63) is 87.7 Å². The summed E-state index contributed by atoms with van der Waals surface area (Å²) < 4.78 is 1.89. The van der Waals surface area contributed by atoms with Crippen LogP contribution in [0.2, 0.25) is 0 Å². The van der Waals surface area contributed by atoms with Gasteiger partial charge in [0, 0.05) is 41.9 Å². The molecule has 0 aliphatic rings. The van der Waals surface area contributed by atoms with Crippen LogP contribution in [-0.2, 0) is 18.5 Å². The molecule has 0 saturated heterocycles. The minimum Gasteiger partial charge on any atom is -0.308 e. The molecule has 0 radical (unpaired) electrons. The molecule has 0 unspecified atom stereocenters. The summed E-state index contributed by atoms with van der Waals surface area (Å²) in [5.74, 6) is 0. The number of nitro groups is 1. The van der Waals surface area contributed by atoms with E-state index in [9.17, 15) is 10.1 Å². The molecule has 0 aliphatic heterocycles. The van der Waals surface area contributed by atoms with E-state index >= 15 is 0 Å². The second-order valence-corrected chi connectivity index (χ2v) is 7.52. The number of benzene rings is 2. The van der Waals surface area contributed by atoms with Crippen LogP contribution in [0.25, 0.3) is 5.69 Å². The molecule has 6 nitrogen and oxygen atoms in total. The van der Waals surface area contributed by atoms with E-state index in [4.69, 9.17) is 5.10 Å². The molecule has 3 rings (SSSR count). The molecule has 140 valence electrons. The monoisotopic (exact) mass is 364 g/mol. The number of rotatable bonds is 6. The lowest BCUT2D eigenvalue weighted by Gasteiger charge is -2.17. The van der Waals surface area contributed by atoms with Gasteiger partial charge in [0.2, 0.25) is 0 Å². The molecular formula is C21H24N4O2.